The lowest BCUT2D eigenvalue weighted by Gasteiger charge is -2.12. The molecule has 172 valence electrons. The number of aryl methyl sites for hydroxylation is 3. The Bertz CT molecular complexity index is 1450. The molecule has 0 bridgehead atoms. The van der Waals surface area contributed by atoms with Crippen LogP contribution in [-0.2, 0) is 33.2 Å². The van der Waals surface area contributed by atoms with Crippen LogP contribution in [0, 0.1) is 0 Å². The molecule has 0 aliphatic rings. The Hall–Kier alpha value is -3.53. The number of rotatable bonds is 5. The molecule has 0 saturated carbocycles. The Labute approximate surface area is 190 Å². The van der Waals surface area contributed by atoms with Gasteiger partial charge >= 0.3 is 17.9 Å². The van der Waals surface area contributed by atoms with Crippen molar-refractivity contribution in [3.63, 3.8) is 0 Å². The summed E-state index contributed by atoms with van der Waals surface area (Å²) in [5, 5.41) is 0.573. The van der Waals surface area contributed by atoms with Crippen LogP contribution in [-0.4, -0.2) is 18.7 Å². The molecule has 7 nitrogen and oxygen atoms in total. The summed E-state index contributed by atoms with van der Waals surface area (Å²) in [6.07, 6.45) is -4.10. The predicted molar refractivity (Wildman–Crippen MR) is 117 cm³/mol. The van der Waals surface area contributed by atoms with Gasteiger partial charge in [-0.05, 0) is 42.3 Å². The summed E-state index contributed by atoms with van der Waals surface area (Å²) < 4.78 is 48.6. The molecular formula is C22H18ClF3N4O3. The van der Waals surface area contributed by atoms with Gasteiger partial charge in [0.2, 0.25) is 0 Å². The molecule has 4 rings (SSSR count). The number of nitrogens with zero attached hydrogens (tertiary/aromatic N) is 4. The van der Waals surface area contributed by atoms with E-state index < -0.39 is 23.0 Å². The number of benzene rings is 2. The third kappa shape index (κ3) is 4.38. The van der Waals surface area contributed by atoms with Crippen molar-refractivity contribution in [3.8, 4) is 11.8 Å². The number of alkyl halides is 3. The molecule has 0 spiro atoms. The number of imidazole rings is 1. The molecule has 4 aromatic rings. The molecule has 0 N–H and O–H groups in total. The van der Waals surface area contributed by atoms with Crippen LogP contribution in [0.2, 0.25) is 5.02 Å². The lowest BCUT2D eigenvalue weighted by molar-refractivity contribution is -0.137. The van der Waals surface area contributed by atoms with Crippen LogP contribution >= 0.6 is 11.6 Å². The largest absolute Gasteiger partial charge is 0.425 e. The monoisotopic (exact) mass is 478 g/mol. The van der Waals surface area contributed by atoms with Gasteiger partial charge in [0.25, 0.3) is 5.56 Å². The van der Waals surface area contributed by atoms with E-state index in [-0.39, 0.29) is 29.5 Å². The first-order valence-electron chi connectivity index (χ1n) is 9.82. The van der Waals surface area contributed by atoms with Gasteiger partial charge in [-0.3, -0.25) is 18.5 Å². The summed E-state index contributed by atoms with van der Waals surface area (Å²) in [5.41, 5.74) is -0.965. The summed E-state index contributed by atoms with van der Waals surface area (Å²) in [6.45, 7) is 0.222. The molecular weight excluding hydrogens is 461 g/mol. The minimum absolute atomic E-state index is 0.0705. The topological polar surface area (TPSA) is 71.1 Å². The van der Waals surface area contributed by atoms with E-state index in [0.29, 0.717) is 11.4 Å². The second-order valence-electron chi connectivity index (χ2n) is 7.43. The SMILES string of the molecule is Cn1c(=O)c2c(nc(Oc3cccc(C(F)(F)F)c3)n2CCc2ccc(Cl)cc2)n(C)c1=O. The lowest BCUT2D eigenvalue weighted by atomic mass is 10.1. The third-order valence-electron chi connectivity index (χ3n) is 5.22. The maximum absolute atomic E-state index is 13.1. The van der Waals surface area contributed by atoms with E-state index in [0.717, 1.165) is 22.3 Å². The number of fused-ring (bicyclic) bond motifs is 1. The van der Waals surface area contributed by atoms with Crippen LogP contribution < -0.4 is 16.0 Å². The molecule has 2 heterocycles. The lowest BCUT2D eigenvalue weighted by Crippen LogP contribution is -2.37. The van der Waals surface area contributed by atoms with Crippen molar-refractivity contribution in [2.24, 2.45) is 14.1 Å². The summed E-state index contributed by atoms with van der Waals surface area (Å²) in [4.78, 5) is 29.5. The zero-order chi connectivity index (χ0) is 23.9. The molecule has 0 radical (unpaired) electrons. The molecule has 2 aromatic heterocycles. The Morgan fingerprint density at radius 3 is 2.39 bits per heavy atom. The van der Waals surface area contributed by atoms with Gasteiger partial charge in [-0.15, -0.1) is 0 Å². The molecule has 0 amide bonds. The van der Waals surface area contributed by atoms with E-state index in [1.165, 1.54) is 35.4 Å². The zero-order valence-corrected chi connectivity index (χ0v) is 18.3. The normalized spacial score (nSPS) is 11.8. The van der Waals surface area contributed by atoms with E-state index in [4.69, 9.17) is 16.3 Å². The van der Waals surface area contributed by atoms with Gasteiger partial charge in [-0.25, -0.2) is 4.79 Å². The van der Waals surface area contributed by atoms with Gasteiger partial charge in [0, 0.05) is 25.7 Å². The van der Waals surface area contributed by atoms with Crippen molar-refractivity contribution in [1.82, 2.24) is 18.7 Å². The van der Waals surface area contributed by atoms with Crippen LogP contribution in [0.1, 0.15) is 11.1 Å². The van der Waals surface area contributed by atoms with Crippen LogP contribution in [0.25, 0.3) is 11.2 Å². The van der Waals surface area contributed by atoms with Crippen molar-refractivity contribution < 1.29 is 17.9 Å². The van der Waals surface area contributed by atoms with Gasteiger partial charge in [-0.1, -0.05) is 29.8 Å². The Balaban J connectivity index is 1.83. The second kappa shape index (κ2) is 8.43. The molecule has 0 unspecified atom stereocenters. The van der Waals surface area contributed by atoms with E-state index >= 15 is 0 Å². The van der Waals surface area contributed by atoms with E-state index in [1.807, 2.05) is 12.1 Å². The predicted octanol–water partition coefficient (Wildman–Crippen LogP) is 4.14. The minimum atomic E-state index is -4.55. The Kier molecular flexibility index (Phi) is 5.79. The van der Waals surface area contributed by atoms with Crippen LogP contribution in [0.15, 0.2) is 58.1 Å². The average molecular weight is 479 g/mol. The van der Waals surface area contributed by atoms with E-state index in [9.17, 15) is 22.8 Å². The highest BCUT2D eigenvalue weighted by Gasteiger charge is 2.31. The van der Waals surface area contributed by atoms with E-state index in [1.54, 1.807) is 12.1 Å². The number of halogens is 4. The van der Waals surface area contributed by atoms with Crippen molar-refractivity contribution in [2.45, 2.75) is 19.1 Å². The van der Waals surface area contributed by atoms with Crippen LogP contribution in [0.5, 0.6) is 11.8 Å². The van der Waals surface area contributed by atoms with Crippen LogP contribution in [0.4, 0.5) is 13.2 Å². The van der Waals surface area contributed by atoms with Crippen molar-refractivity contribution in [1.29, 1.82) is 0 Å². The highest BCUT2D eigenvalue weighted by Crippen LogP contribution is 2.33. The molecule has 0 atom stereocenters. The smallest absolute Gasteiger partial charge is 0.416 e. The first-order valence-corrected chi connectivity index (χ1v) is 10.2. The van der Waals surface area contributed by atoms with Crippen LogP contribution in [0.3, 0.4) is 0 Å². The summed E-state index contributed by atoms with van der Waals surface area (Å²) in [6, 6.07) is 11.3. The summed E-state index contributed by atoms with van der Waals surface area (Å²) in [5.74, 6) is -0.102. The highest BCUT2D eigenvalue weighted by atomic mass is 35.5. The van der Waals surface area contributed by atoms with Gasteiger partial charge in [0.1, 0.15) is 5.75 Å². The van der Waals surface area contributed by atoms with Gasteiger partial charge < -0.3 is 4.74 Å². The van der Waals surface area contributed by atoms with Gasteiger partial charge in [0.15, 0.2) is 11.2 Å². The average Bonchev–Trinajstić information content (AvgIpc) is 3.13. The maximum Gasteiger partial charge on any atom is 0.416 e. The second-order valence-corrected chi connectivity index (χ2v) is 7.86. The number of ether oxygens (including phenoxy) is 1. The molecule has 11 heteroatoms. The molecule has 33 heavy (non-hydrogen) atoms. The molecule has 0 fully saturated rings. The molecule has 2 aromatic carbocycles. The van der Waals surface area contributed by atoms with Gasteiger partial charge in [0.05, 0.1) is 5.56 Å². The summed E-state index contributed by atoms with van der Waals surface area (Å²) in [7, 11) is 2.79. The van der Waals surface area contributed by atoms with Crippen molar-refractivity contribution in [2.75, 3.05) is 0 Å². The minimum Gasteiger partial charge on any atom is -0.425 e. The fourth-order valence-corrected chi connectivity index (χ4v) is 3.57. The van der Waals surface area contributed by atoms with E-state index in [2.05, 4.69) is 4.98 Å². The summed E-state index contributed by atoms with van der Waals surface area (Å²) >= 11 is 5.93. The first kappa shape index (κ1) is 22.7. The molecule has 0 aliphatic carbocycles. The van der Waals surface area contributed by atoms with Gasteiger partial charge in [-0.2, -0.15) is 18.2 Å². The Morgan fingerprint density at radius 1 is 1.03 bits per heavy atom. The molecule has 0 aliphatic heterocycles. The zero-order valence-electron chi connectivity index (χ0n) is 17.6. The fourth-order valence-electron chi connectivity index (χ4n) is 3.45. The standard InChI is InChI=1S/C22H18ClF3N4O3/c1-28-18-17(19(31)29(2)21(28)32)30(11-10-13-6-8-15(23)9-7-13)20(27-18)33-16-5-3-4-14(12-16)22(24,25)26/h3-9,12H,10-11H2,1-2H3. The fraction of sp³-hybridized carbons (Fsp3) is 0.227. The Morgan fingerprint density at radius 2 is 1.73 bits per heavy atom. The number of hydrogen-bond acceptors (Lipinski definition) is 4. The third-order valence-corrected chi connectivity index (χ3v) is 5.47. The highest BCUT2D eigenvalue weighted by molar-refractivity contribution is 6.30. The number of hydrogen-bond donors (Lipinski definition) is 0. The molecule has 0 saturated heterocycles. The van der Waals surface area contributed by atoms with Crippen molar-refractivity contribution >= 4 is 22.8 Å². The van der Waals surface area contributed by atoms with Crippen molar-refractivity contribution in [3.05, 3.63) is 85.5 Å². The maximum atomic E-state index is 13.1. The first-order chi connectivity index (χ1) is 15.6. The quantitative estimate of drug-likeness (QED) is 0.432. The number of aromatic nitrogens is 4.